The van der Waals surface area contributed by atoms with Crippen LogP contribution in [0.25, 0.3) is 24.3 Å². The van der Waals surface area contributed by atoms with Crippen LogP contribution in [0.15, 0.2) is 54.6 Å². The lowest BCUT2D eigenvalue weighted by atomic mass is 10.00. The lowest BCUT2D eigenvalue weighted by molar-refractivity contribution is -0.403. The van der Waals surface area contributed by atoms with E-state index in [1.54, 1.807) is 12.1 Å². The molecule has 3 aromatic rings. The molecule has 11 nitrogen and oxygen atoms in total. The molecule has 0 atom stereocenters. The summed E-state index contributed by atoms with van der Waals surface area (Å²) in [6.45, 7) is 0. The molecule has 166 valence electrons. The molecule has 2 N–H and O–H groups in total. The molecule has 0 heterocycles. The van der Waals surface area contributed by atoms with Crippen molar-refractivity contribution in [3.05, 3.63) is 107 Å². The number of phenols is 2. The molecule has 3 rings (SSSR count). The van der Waals surface area contributed by atoms with Gasteiger partial charge < -0.3 is 10.2 Å². The van der Waals surface area contributed by atoms with Gasteiger partial charge >= 0.3 is 0 Å². The first-order valence-corrected chi connectivity index (χ1v) is 9.25. The number of hydrogen-bond donors (Lipinski definition) is 2. The molecule has 0 saturated heterocycles. The fraction of sp³-hybridized carbons (Fsp3) is 0. The Morgan fingerprint density at radius 2 is 1.03 bits per heavy atom. The molecular weight excluding hydrogens is 434 g/mol. The molecule has 0 aliphatic carbocycles. The minimum Gasteiger partial charge on any atom is -0.508 e. The molecule has 0 fully saturated rings. The number of phenolic OH excluding ortho intramolecular Hbond substituents is 2. The summed E-state index contributed by atoms with van der Waals surface area (Å²) in [4.78, 5) is 32.3. The molecule has 0 bridgehead atoms. The lowest BCUT2D eigenvalue weighted by Gasteiger charge is -2.06. The first-order valence-electron chi connectivity index (χ1n) is 9.25. The van der Waals surface area contributed by atoms with Gasteiger partial charge in [0, 0.05) is 0 Å². The first-order chi connectivity index (χ1) is 15.7. The van der Waals surface area contributed by atoms with Crippen LogP contribution >= 0.6 is 0 Å². The largest absolute Gasteiger partial charge is 0.508 e. The van der Waals surface area contributed by atoms with Crippen LogP contribution in [0.5, 0.6) is 11.5 Å². The van der Waals surface area contributed by atoms with Crippen molar-refractivity contribution in [2.75, 3.05) is 0 Å². The summed E-state index contributed by atoms with van der Waals surface area (Å²) in [5.74, 6) is -0.167. The van der Waals surface area contributed by atoms with E-state index in [2.05, 4.69) is 0 Å². The van der Waals surface area contributed by atoms with Crippen LogP contribution in [0.4, 0.5) is 17.1 Å². The predicted octanol–water partition coefficient (Wildman–Crippen LogP) is 5.16. The zero-order chi connectivity index (χ0) is 24.1. The minimum atomic E-state index is -0.940. The summed E-state index contributed by atoms with van der Waals surface area (Å²) in [7, 11) is 0. The molecule has 0 aliphatic heterocycles. The van der Waals surface area contributed by atoms with Crippen molar-refractivity contribution in [2.45, 2.75) is 0 Å². The van der Waals surface area contributed by atoms with Gasteiger partial charge in [-0.25, -0.2) is 0 Å². The highest BCUT2D eigenvalue weighted by molar-refractivity contribution is 5.89. The number of nitro groups is 3. The van der Waals surface area contributed by atoms with E-state index in [1.807, 2.05) is 0 Å². The summed E-state index contributed by atoms with van der Waals surface area (Å²) in [6, 6.07) is 12.3. The monoisotopic (exact) mass is 449 g/mol. The second kappa shape index (κ2) is 9.39. The van der Waals surface area contributed by atoms with Gasteiger partial charge in [-0.3, -0.25) is 30.3 Å². The summed E-state index contributed by atoms with van der Waals surface area (Å²) in [6.07, 6.45) is 4.81. The zero-order valence-electron chi connectivity index (χ0n) is 16.7. The molecule has 0 amide bonds. The highest BCUT2D eigenvalue weighted by atomic mass is 16.6. The SMILES string of the molecule is O=[N+]([O-])c1cc([N+](=O)[O-])c(C=Cc2cccc(O)c2)c([N+](=O)[O-])c1C=Cc1cccc(O)c1. The fourth-order valence-electron chi connectivity index (χ4n) is 3.12. The number of aromatic hydroxyl groups is 2. The minimum absolute atomic E-state index is 0.0837. The number of nitro benzene ring substituents is 3. The maximum atomic E-state index is 11.9. The number of nitrogens with zero attached hydrogens (tertiary/aromatic N) is 3. The number of benzene rings is 3. The first kappa shape index (κ1) is 22.6. The van der Waals surface area contributed by atoms with Crippen LogP contribution in [-0.2, 0) is 0 Å². The lowest BCUT2D eigenvalue weighted by Crippen LogP contribution is -2.04. The molecule has 33 heavy (non-hydrogen) atoms. The third-order valence-electron chi connectivity index (χ3n) is 4.54. The van der Waals surface area contributed by atoms with E-state index in [-0.39, 0.29) is 11.5 Å². The van der Waals surface area contributed by atoms with E-state index >= 15 is 0 Å². The normalized spacial score (nSPS) is 11.2. The zero-order valence-corrected chi connectivity index (χ0v) is 16.7. The maximum absolute atomic E-state index is 11.9. The molecular formula is C22H15N3O8. The van der Waals surface area contributed by atoms with Crippen LogP contribution in [-0.4, -0.2) is 25.0 Å². The Hall–Kier alpha value is -5.06. The second-order valence-electron chi connectivity index (χ2n) is 6.72. The third kappa shape index (κ3) is 5.17. The van der Waals surface area contributed by atoms with Gasteiger partial charge in [-0.1, -0.05) is 36.4 Å². The van der Waals surface area contributed by atoms with Gasteiger partial charge in [0.1, 0.15) is 22.6 Å². The van der Waals surface area contributed by atoms with Crippen LogP contribution < -0.4 is 0 Å². The molecule has 11 heteroatoms. The fourth-order valence-corrected chi connectivity index (χ4v) is 3.12. The number of rotatable bonds is 7. The number of hydrogen-bond acceptors (Lipinski definition) is 8. The van der Waals surface area contributed by atoms with Crippen molar-refractivity contribution in [3.63, 3.8) is 0 Å². The molecule has 0 saturated carbocycles. The summed E-state index contributed by atoms with van der Waals surface area (Å²) >= 11 is 0. The van der Waals surface area contributed by atoms with Crippen LogP contribution in [0.2, 0.25) is 0 Å². The molecule has 0 aliphatic rings. The smallest absolute Gasteiger partial charge is 0.297 e. The van der Waals surface area contributed by atoms with Gasteiger partial charge in [-0.2, -0.15) is 0 Å². The summed E-state index contributed by atoms with van der Waals surface area (Å²) < 4.78 is 0. The van der Waals surface area contributed by atoms with Gasteiger partial charge in [-0.15, -0.1) is 0 Å². The van der Waals surface area contributed by atoms with E-state index in [0.29, 0.717) is 17.2 Å². The second-order valence-corrected chi connectivity index (χ2v) is 6.72. The standard InChI is InChI=1S/C22H15N3O8/c26-16-5-1-3-14(11-16)7-9-18-20(23(28)29)13-21(24(30)31)19(22(18)25(32)33)10-8-15-4-2-6-17(27)12-15/h1-13,26-27H. The Bertz CT molecular complexity index is 1240. The predicted molar refractivity (Wildman–Crippen MR) is 120 cm³/mol. The van der Waals surface area contributed by atoms with Crippen molar-refractivity contribution < 1.29 is 25.0 Å². The van der Waals surface area contributed by atoms with E-state index in [9.17, 15) is 40.6 Å². The third-order valence-corrected chi connectivity index (χ3v) is 4.54. The van der Waals surface area contributed by atoms with Crippen molar-refractivity contribution >= 4 is 41.4 Å². The van der Waals surface area contributed by atoms with Gasteiger partial charge in [0.05, 0.1) is 20.8 Å². The van der Waals surface area contributed by atoms with Crippen LogP contribution in [0.1, 0.15) is 22.3 Å². The molecule has 0 radical (unpaired) electrons. The van der Waals surface area contributed by atoms with Gasteiger partial charge in [0.25, 0.3) is 17.1 Å². The Morgan fingerprint density at radius 3 is 1.36 bits per heavy atom. The van der Waals surface area contributed by atoms with Gasteiger partial charge in [0.2, 0.25) is 0 Å². The van der Waals surface area contributed by atoms with Crippen molar-refractivity contribution in [3.8, 4) is 11.5 Å². The molecule has 0 unspecified atom stereocenters. The van der Waals surface area contributed by atoms with Gasteiger partial charge in [0.15, 0.2) is 0 Å². The average molecular weight is 449 g/mol. The van der Waals surface area contributed by atoms with Crippen LogP contribution in [0.3, 0.4) is 0 Å². The molecule has 0 aromatic heterocycles. The quantitative estimate of drug-likeness (QED) is 0.283. The van der Waals surface area contributed by atoms with E-state index in [4.69, 9.17) is 0 Å². The van der Waals surface area contributed by atoms with E-state index < -0.39 is 43.0 Å². The molecule has 3 aromatic carbocycles. The Morgan fingerprint density at radius 1 is 0.606 bits per heavy atom. The Kier molecular flexibility index (Phi) is 6.44. The van der Waals surface area contributed by atoms with Crippen LogP contribution in [0, 0.1) is 30.3 Å². The topological polar surface area (TPSA) is 170 Å². The van der Waals surface area contributed by atoms with Crippen molar-refractivity contribution in [1.82, 2.24) is 0 Å². The van der Waals surface area contributed by atoms with Gasteiger partial charge in [-0.05, 0) is 47.5 Å². The average Bonchev–Trinajstić information content (AvgIpc) is 2.75. The van der Waals surface area contributed by atoms with E-state index in [0.717, 1.165) is 12.2 Å². The summed E-state index contributed by atoms with van der Waals surface area (Å²) in [5.41, 5.74) is -2.58. The Labute approximate surface area is 185 Å². The Balaban J connectivity index is 2.28. The van der Waals surface area contributed by atoms with Crippen molar-refractivity contribution in [2.24, 2.45) is 0 Å². The van der Waals surface area contributed by atoms with Crippen molar-refractivity contribution in [1.29, 1.82) is 0 Å². The highest BCUT2D eigenvalue weighted by Gasteiger charge is 2.34. The molecule has 0 spiro atoms. The highest BCUT2D eigenvalue weighted by Crippen LogP contribution is 2.41. The summed E-state index contributed by atoms with van der Waals surface area (Å²) in [5, 5.41) is 54.3. The maximum Gasteiger partial charge on any atom is 0.297 e. The van der Waals surface area contributed by atoms with E-state index in [1.165, 1.54) is 48.6 Å².